The van der Waals surface area contributed by atoms with Crippen molar-refractivity contribution in [2.45, 2.75) is 46.1 Å². The zero-order valence-electron chi connectivity index (χ0n) is 10.3. The zero-order chi connectivity index (χ0) is 11.7. The summed E-state index contributed by atoms with van der Waals surface area (Å²) in [6, 6.07) is 0. The van der Waals surface area contributed by atoms with Crippen molar-refractivity contribution in [3.63, 3.8) is 0 Å². The molecule has 0 amide bonds. The molecule has 1 fully saturated rings. The van der Waals surface area contributed by atoms with Crippen LogP contribution >= 0.6 is 0 Å². The molecule has 3 nitrogen and oxygen atoms in total. The molecule has 0 atom stereocenters. The molecule has 2 N–H and O–H groups in total. The van der Waals surface area contributed by atoms with Gasteiger partial charge in [-0.1, -0.05) is 13.8 Å². The number of hydrogen-bond donors (Lipinski definition) is 1. The first kappa shape index (κ1) is 12.7. The van der Waals surface area contributed by atoms with Gasteiger partial charge in [0.1, 0.15) is 5.78 Å². The van der Waals surface area contributed by atoms with Gasteiger partial charge in [-0.2, -0.15) is 0 Å². The molecule has 0 aliphatic carbocycles. The van der Waals surface area contributed by atoms with Crippen LogP contribution in [0.5, 0.6) is 0 Å². The fourth-order valence-electron chi connectivity index (χ4n) is 1.79. The molecule has 1 heterocycles. The number of ether oxygens (including phenoxy) is 1. The summed E-state index contributed by atoms with van der Waals surface area (Å²) < 4.78 is 5.26. The molecule has 88 valence electrons. The van der Waals surface area contributed by atoms with Gasteiger partial charge in [-0.3, -0.25) is 4.79 Å². The van der Waals surface area contributed by atoms with E-state index in [-0.39, 0.29) is 5.92 Å². The van der Waals surface area contributed by atoms with Crippen molar-refractivity contribution in [2.24, 2.45) is 17.1 Å². The molecule has 0 aromatic heterocycles. The second kappa shape index (κ2) is 4.22. The third-order valence-electron chi connectivity index (χ3n) is 3.82. The van der Waals surface area contributed by atoms with Gasteiger partial charge < -0.3 is 10.5 Å². The van der Waals surface area contributed by atoms with Crippen molar-refractivity contribution in [2.75, 3.05) is 13.2 Å². The molecule has 3 heteroatoms. The Morgan fingerprint density at radius 1 is 1.20 bits per heavy atom. The van der Waals surface area contributed by atoms with Crippen LogP contribution < -0.4 is 5.73 Å². The smallest absolute Gasteiger partial charge is 0.143 e. The minimum absolute atomic E-state index is 0.136. The number of carbonyl (C=O) groups excluding carboxylic acids is 1. The maximum Gasteiger partial charge on any atom is 0.143 e. The molecule has 0 saturated carbocycles. The van der Waals surface area contributed by atoms with Gasteiger partial charge in [0.15, 0.2) is 0 Å². The minimum Gasteiger partial charge on any atom is -0.381 e. The molecule has 1 saturated heterocycles. The van der Waals surface area contributed by atoms with Crippen molar-refractivity contribution in [1.29, 1.82) is 0 Å². The number of carbonyl (C=O) groups is 1. The normalized spacial score (nSPS) is 20.3. The Hall–Kier alpha value is -0.410. The molecule has 0 aromatic carbocycles. The van der Waals surface area contributed by atoms with Gasteiger partial charge in [0, 0.05) is 30.1 Å². The fraction of sp³-hybridized carbons (Fsp3) is 0.917. The first-order valence-corrected chi connectivity index (χ1v) is 5.68. The largest absolute Gasteiger partial charge is 0.381 e. The van der Waals surface area contributed by atoms with Crippen LogP contribution in [0.15, 0.2) is 0 Å². The van der Waals surface area contributed by atoms with Crippen molar-refractivity contribution < 1.29 is 9.53 Å². The lowest BCUT2D eigenvalue weighted by Crippen LogP contribution is -2.54. The van der Waals surface area contributed by atoms with Crippen molar-refractivity contribution in [3.05, 3.63) is 0 Å². The Kier molecular flexibility index (Phi) is 3.56. The summed E-state index contributed by atoms with van der Waals surface area (Å²) in [4.78, 5) is 12.3. The van der Waals surface area contributed by atoms with Crippen LogP contribution in [0.3, 0.4) is 0 Å². The maximum atomic E-state index is 12.3. The van der Waals surface area contributed by atoms with Gasteiger partial charge in [-0.05, 0) is 26.7 Å². The van der Waals surface area contributed by atoms with E-state index in [1.165, 1.54) is 0 Å². The summed E-state index contributed by atoms with van der Waals surface area (Å²) in [7, 11) is 0. The van der Waals surface area contributed by atoms with E-state index in [0.29, 0.717) is 19.0 Å². The molecule has 15 heavy (non-hydrogen) atoms. The first-order chi connectivity index (χ1) is 6.77. The van der Waals surface area contributed by atoms with E-state index in [1.807, 2.05) is 27.7 Å². The van der Waals surface area contributed by atoms with Gasteiger partial charge in [-0.15, -0.1) is 0 Å². The molecular formula is C12H23NO2. The Bertz CT molecular complexity index is 234. The third-order valence-corrected chi connectivity index (χ3v) is 3.82. The van der Waals surface area contributed by atoms with Crippen LogP contribution in [0, 0.1) is 11.3 Å². The fourth-order valence-corrected chi connectivity index (χ4v) is 1.79. The van der Waals surface area contributed by atoms with E-state index in [0.717, 1.165) is 12.8 Å². The van der Waals surface area contributed by atoms with Crippen LogP contribution in [0.4, 0.5) is 0 Å². The first-order valence-electron chi connectivity index (χ1n) is 5.68. The van der Waals surface area contributed by atoms with Gasteiger partial charge >= 0.3 is 0 Å². The van der Waals surface area contributed by atoms with E-state index in [1.54, 1.807) is 0 Å². The second-order valence-corrected chi connectivity index (χ2v) is 5.60. The molecule has 0 spiro atoms. The minimum atomic E-state index is -0.470. The van der Waals surface area contributed by atoms with Crippen LogP contribution in [0.1, 0.15) is 40.5 Å². The van der Waals surface area contributed by atoms with Gasteiger partial charge in [0.05, 0.1) is 0 Å². The topological polar surface area (TPSA) is 52.3 Å². The van der Waals surface area contributed by atoms with Crippen molar-refractivity contribution >= 4 is 5.78 Å². The Balaban J connectivity index is 2.74. The van der Waals surface area contributed by atoms with Gasteiger partial charge in [0.25, 0.3) is 0 Å². The van der Waals surface area contributed by atoms with E-state index in [9.17, 15) is 4.79 Å². The third kappa shape index (κ3) is 2.58. The van der Waals surface area contributed by atoms with E-state index in [4.69, 9.17) is 10.5 Å². The molecule has 1 rings (SSSR count). The number of ketones is 1. The summed E-state index contributed by atoms with van der Waals surface area (Å²) in [6.07, 6.45) is 1.69. The highest BCUT2D eigenvalue weighted by atomic mass is 16.5. The van der Waals surface area contributed by atoms with E-state index < -0.39 is 11.0 Å². The van der Waals surface area contributed by atoms with E-state index >= 15 is 0 Å². The number of nitrogens with two attached hydrogens (primary N) is 1. The standard InChI is InChI=1S/C12H23NO2/c1-11(2,12(3,4)13)10(14)9-5-7-15-8-6-9/h9H,5-8,13H2,1-4H3. The number of rotatable bonds is 3. The second-order valence-electron chi connectivity index (χ2n) is 5.60. The summed E-state index contributed by atoms with van der Waals surface area (Å²) >= 11 is 0. The monoisotopic (exact) mass is 213 g/mol. The van der Waals surface area contributed by atoms with E-state index in [2.05, 4.69) is 0 Å². The van der Waals surface area contributed by atoms with Crippen LogP contribution in [-0.2, 0) is 9.53 Å². The molecular weight excluding hydrogens is 190 g/mol. The van der Waals surface area contributed by atoms with Crippen LogP contribution in [-0.4, -0.2) is 24.5 Å². The Morgan fingerprint density at radius 2 is 1.67 bits per heavy atom. The molecule has 1 aliphatic rings. The SMILES string of the molecule is CC(C)(N)C(C)(C)C(=O)C1CCOCC1. The summed E-state index contributed by atoms with van der Waals surface area (Å²) in [5.41, 5.74) is 5.14. The molecule has 0 bridgehead atoms. The van der Waals surface area contributed by atoms with Crippen LogP contribution in [0.2, 0.25) is 0 Å². The summed E-state index contributed by atoms with van der Waals surface area (Å²) in [6.45, 7) is 9.15. The molecule has 1 aliphatic heterocycles. The zero-order valence-corrected chi connectivity index (χ0v) is 10.3. The number of hydrogen-bond acceptors (Lipinski definition) is 3. The Labute approximate surface area is 92.4 Å². The van der Waals surface area contributed by atoms with Crippen molar-refractivity contribution in [3.8, 4) is 0 Å². The molecule has 0 radical (unpaired) electrons. The lowest BCUT2D eigenvalue weighted by atomic mass is 9.67. The lowest BCUT2D eigenvalue weighted by Gasteiger charge is -2.40. The van der Waals surface area contributed by atoms with Crippen LogP contribution in [0.25, 0.3) is 0 Å². The van der Waals surface area contributed by atoms with Crippen molar-refractivity contribution in [1.82, 2.24) is 0 Å². The highest BCUT2D eigenvalue weighted by Gasteiger charge is 2.43. The average Bonchev–Trinajstić information content (AvgIpc) is 2.16. The predicted octanol–water partition coefficient (Wildman–Crippen LogP) is 1.75. The summed E-state index contributed by atoms with van der Waals surface area (Å²) in [5.74, 6) is 0.426. The predicted molar refractivity (Wildman–Crippen MR) is 60.6 cm³/mol. The highest BCUT2D eigenvalue weighted by Crippen LogP contribution is 2.34. The number of Topliss-reactive ketones (excluding diaryl/α,β-unsaturated/α-hetero) is 1. The lowest BCUT2D eigenvalue weighted by molar-refractivity contribution is -0.137. The molecule has 0 unspecified atom stereocenters. The van der Waals surface area contributed by atoms with Gasteiger partial charge in [0.2, 0.25) is 0 Å². The summed E-state index contributed by atoms with van der Waals surface area (Å²) in [5, 5.41) is 0. The molecule has 0 aromatic rings. The quantitative estimate of drug-likeness (QED) is 0.777. The Morgan fingerprint density at radius 3 is 2.07 bits per heavy atom. The van der Waals surface area contributed by atoms with Gasteiger partial charge in [-0.25, -0.2) is 0 Å². The average molecular weight is 213 g/mol. The maximum absolute atomic E-state index is 12.3. The highest BCUT2D eigenvalue weighted by molar-refractivity contribution is 5.87.